The minimum absolute atomic E-state index is 0.565. The summed E-state index contributed by atoms with van der Waals surface area (Å²) in [6, 6.07) is 0. The highest BCUT2D eigenvalue weighted by Gasteiger charge is 2.20. The summed E-state index contributed by atoms with van der Waals surface area (Å²) >= 11 is 0. The van der Waals surface area contributed by atoms with E-state index in [0.29, 0.717) is 11.8 Å². The van der Waals surface area contributed by atoms with Crippen LogP contribution in [0.2, 0.25) is 0 Å². The van der Waals surface area contributed by atoms with Gasteiger partial charge in [-0.25, -0.2) is 0 Å². The third kappa shape index (κ3) is 1.76. The van der Waals surface area contributed by atoms with E-state index in [0.717, 1.165) is 13.0 Å². The van der Waals surface area contributed by atoms with Crippen LogP contribution in [0.1, 0.15) is 34.1 Å². The standard InChI is InChI=1S/C10H18O/c1-7(2)9-5-6-11-10(9)8(3)4/h7-8H,5-6H2,1-4H3. The van der Waals surface area contributed by atoms with Crippen molar-refractivity contribution in [2.24, 2.45) is 11.8 Å². The van der Waals surface area contributed by atoms with E-state index < -0.39 is 0 Å². The Morgan fingerprint density at radius 1 is 1.09 bits per heavy atom. The number of hydrogen-bond acceptors (Lipinski definition) is 1. The van der Waals surface area contributed by atoms with E-state index in [4.69, 9.17) is 4.74 Å². The van der Waals surface area contributed by atoms with Gasteiger partial charge in [-0.2, -0.15) is 0 Å². The van der Waals surface area contributed by atoms with Crippen molar-refractivity contribution in [3.05, 3.63) is 11.3 Å². The van der Waals surface area contributed by atoms with Crippen LogP contribution in [0.15, 0.2) is 11.3 Å². The lowest BCUT2D eigenvalue weighted by atomic mass is 9.96. The van der Waals surface area contributed by atoms with Gasteiger partial charge in [0, 0.05) is 12.3 Å². The molecule has 0 bridgehead atoms. The molecule has 1 heterocycles. The molecule has 0 fully saturated rings. The van der Waals surface area contributed by atoms with Crippen molar-refractivity contribution < 1.29 is 4.74 Å². The first kappa shape index (κ1) is 8.63. The Hall–Kier alpha value is -0.460. The lowest BCUT2D eigenvalue weighted by Crippen LogP contribution is -1.99. The minimum Gasteiger partial charge on any atom is -0.497 e. The molecule has 64 valence electrons. The van der Waals surface area contributed by atoms with Crippen molar-refractivity contribution in [3.8, 4) is 0 Å². The maximum Gasteiger partial charge on any atom is 0.0981 e. The molecule has 0 N–H and O–H groups in total. The van der Waals surface area contributed by atoms with Crippen LogP contribution in [-0.2, 0) is 4.74 Å². The monoisotopic (exact) mass is 154 g/mol. The zero-order valence-corrected chi connectivity index (χ0v) is 7.98. The van der Waals surface area contributed by atoms with Gasteiger partial charge in [-0.3, -0.25) is 0 Å². The van der Waals surface area contributed by atoms with E-state index in [9.17, 15) is 0 Å². The number of allylic oxidation sites excluding steroid dienone is 1. The zero-order valence-electron chi connectivity index (χ0n) is 7.98. The van der Waals surface area contributed by atoms with E-state index in [-0.39, 0.29) is 0 Å². The van der Waals surface area contributed by atoms with E-state index in [1.54, 1.807) is 0 Å². The van der Waals surface area contributed by atoms with Gasteiger partial charge in [0.1, 0.15) is 0 Å². The van der Waals surface area contributed by atoms with Gasteiger partial charge >= 0.3 is 0 Å². The molecule has 0 saturated carbocycles. The molecule has 0 aromatic rings. The summed E-state index contributed by atoms with van der Waals surface area (Å²) in [5.74, 6) is 2.48. The number of ether oxygens (including phenoxy) is 1. The lowest BCUT2D eigenvalue weighted by Gasteiger charge is -2.11. The van der Waals surface area contributed by atoms with Crippen molar-refractivity contribution in [1.82, 2.24) is 0 Å². The Bertz CT molecular complexity index is 148. The topological polar surface area (TPSA) is 9.23 Å². The molecule has 1 aliphatic rings. The predicted molar refractivity (Wildman–Crippen MR) is 47.3 cm³/mol. The molecule has 0 aromatic carbocycles. The summed E-state index contributed by atoms with van der Waals surface area (Å²) in [6.45, 7) is 9.78. The second kappa shape index (κ2) is 3.29. The molecule has 0 atom stereocenters. The Balaban J connectivity index is 2.77. The summed E-state index contributed by atoms with van der Waals surface area (Å²) < 4.78 is 5.57. The van der Waals surface area contributed by atoms with Crippen molar-refractivity contribution >= 4 is 0 Å². The van der Waals surface area contributed by atoms with E-state index in [1.165, 1.54) is 11.3 Å². The molecule has 1 heteroatoms. The third-order valence-corrected chi connectivity index (χ3v) is 2.17. The fraction of sp³-hybridized carbons (Fsp3) is 0.800. The second-order valence-electron chi connectivity index (χ2n) is 3.80. The SMILES string of the molecule is CC(C)C1=C(C(C)C)OCC1. The largest absolute Gasteiger partial charge is 0.497 e. The first-order valence-corrected chi connectivity index (χ1v) is 4.48. The van der Waals surface area contributed by atoms with Crippen LogP contribution in [0.4, 0.5) is 0 Å². The normalized spacial score (nSPS) is 18.4. The molecule has 0 aromatic heterocycles. The van der Waals surface area contributed by atoms with Crippen molar-refractivity contribution in [2.75, 3.05) is 6.61 Å². The molecular formula is C10H18O. The van der Waals surface area contributed by atoms with Gasteiger partial charge in [0.15, 0.2) is 0 Å². The summed E-state index contributed by atoms with van der Waals surface area (Å²) in [6.07, 6.45) is 1.14. The average Bonchev–Trinajstić information content (AvgIpc) is 2.32. The summed E-state index contributed by atoms with van der Waals surface area (Å²) in [7, 11) is 0. The molecule has 0 aliphatic carbocycles. The highest BCUT2D eigenvalue weighted by molar-refractivity contribution is 5.16. The van der Waals surface area contributed by atoms with Crippen LogP contribution in [0.25, 0.3) is 0 Å². The zero-order chi connectivity index (χ0) is 8.43. The van der Waals surface area contributed by atoms with Gasteiger partial charge in [0.05, 0.1) is 12.4 Å². The molecule has 0 radical (unpaired) electrons. The summed E-state index contributed by atoms with van der Waals surface area (Å²) in [5.41, 5.74) is 1.53. The van der Waals surface area contributed by atoms with E-state index >= 15 is 0 Å². The Labute approximate surface area is 69.4 Å². The molecule has 0 unspecified atom stereocenters. The third-order valence-electron chi connectivity index (χ3n) is 2.17. The predicted octanol–water partition coefficient (Wildman–Crippen LogP) is 2.97. The number of hydrogen-bond donors (Lipinski definition) is 0. The Kier molecular flexibility index (Phi) is 2.58. The smallest absolute Gasteiger partial charge is 0.0981 e. The van der Waals surface area contributed by atoms with Gasteiger partial charge in [0.2, 0.25) is 0 Å². The lowest BCUT2D eigenvalue weighted by molar-refractivity contribution is 0.216. The van der Waals surface area contributed by atoms with Crippen molar-refractivity contribution in [2.45, 2.75) is 34.1 Å². The molecule has 11 heavy (non-hydrogen) atoms. The average molecular weight is 154 g/mol. The van der Waals surface area contributed by atoms with Crippen LogP contribution in [0, 0.1) is 11.8 Å². The maximum atomic E-state index is 5.57. The van der Waals surface area contributed by atoms with Crippen LogP contribution in [-0.4, -0.2) is 6.61 Å². The molecule has 1 aliphatic heterocycles. The van der Waals surface area contributed by atoms with Gasteiger partial charge in [-0.1, -0.05) is 27.7 Å². The first-order chi connectivity index (χ1) is 5.13. The molecular weight excluding hydrogens is 136 g/mol. The van der Waals surface area contributed by atoms with Crippen LogP contribution >= 0.6 is 0 Å². The van der Waals surface area contributed by atoms with Crippen molar-refractivity contribution in [3.63, 3.8) is 0 Å². The first-order valence-electron chi connectivity index (χ1n) is 4.48. The highest BCUT2D eigenvalue weighted by atomic mass is 16.5. The minimum atomic E-state index is 0.565. The van der Waals surface area contributed by atoms with Gasteiger partial charge in [0.25, 0.3) is 0 Å². The fourth-order valence-corrected chi connectivity index (χ4v) is 1.60. The molecule has 1 rings (SSSR count). The van der Waals surface area contributed by atoms with Crippen LogP contribution in [0.3, 0.4) is 0 Å². The van der Waals surface area contributed by atoms with E-state index in [2.05, 4.69) is 27.7 Å². The second-order valence-corrected chi connectivity index (χ2v) is 3.80. The molecule has 1 nitrogen and oxygen atoms in total. The van der Waals surface area contributed by atoms with Gasteiger partial charge in [-0.15, -0.1) is 0 Å². The fourth-order valence-electron chi connectivity index (χ4n) is 1.60. The molecule has 0 amide bonds. The summed E-state index contributed by atoms with van der Waals surface area (Å²) in [4.78, 5) is 0. The maximum absolute atomic E-state index is 5.57. The van der Waals surface area contributed by atoms with Crippen molar-refractivity contribution in [1.29, 1.82) is 0 Å². The molecule has 0 saturated heterocycles. The van der Waals surface area contributed by atoms with E-state index in [1.807, 2.05) is 0 Å². The van der Waals surface area contributed by atoms with Gasteiger partial charge < -0.3 is 4.74 Å². The van der Waals surface area contributed by atoms with Gasteiger partial charge in [-0.05, 0) is 11.5 Å². The molecule has 0 spiro atoms. The quantitative estimate of drug-likeness (QED) is 0.594. The summed E-state index contributed by atoms with van der Waals surface area (Å²) in [5, 5.41) is 0. The number of rotatable bonds is 2. The van der Waals surface area contributed by atoms with Crippen LogP contribution in [0.5, 0.6) is 0 Å². The Morgan fingerprint density at radius 3 is 2.09 bits per heavy atom. The Morgan fingerprint density at radius 2 is 1.73 bits per heavy atom. The van der Waals surface area contributed by atoms with Crippen LogP contribution < -0.4 is 0 Å². The highest BCUT2D eigenvalue weighted by Crippen LogP contribution is 2.30.